The zero-order valence-electron chi connectivity index (χ0n) is 16.2. The molecule has 1 unspecified atom stereocenters. The van der Waals surface area contributed by atoms with Crippen LogP contribution in [0.15, 0.2) is 42.5 Å². The molecule has 0 aliphatic heterocycles. The van der Waals surface area contributed by atoms with Crippen LogP contribution in [0.1, 0.15) is 12.5 Å². The molecule has 1 atom stereocenters. The van der Waals surface area contributed by atoms with Crippen LogP contribution in [0.3, 0.4) is 0 Å². The van der Waals surface area contributed by atoms with E-state index in [1.807, 2.05) is 0 Å². The Morgan fingerprint density at radius 3 is 2.29 bits per heavy atom. The summed E-state index contributed by atoms with van der Waals surface area (Å²) in [4.78, 5) is 24.3. The zero-order valence-corrected chi connectivity index (χ0v) is 16.2. The Bertz CT molecular complexity index is 858. The summed E-state index contributed by atoms with van der Waals surface area (Å²) in [6, 6.07) is 10.8. The second kappa shape index (κ2) is 9.18. The number of anilines is 1. The standard InChI is InChI=1S/C20H23FN2O5/c1-20(28-4,14-7-5-6-8-15(14)21)12-22-18(24)19(25)23-13-9-10-16(26-2)17(11-13)27-3/h5-11H,12H2,1-4H3,(H,22,24)(H,23,25). The molecule has 0 heterocycles. The maximum atomic E-state index is 14.1. The van der Waals surface area contributed by atoms with Gasteiger partial charge in [0, 0.05) is 24.4 Å². The van der Waals surface area contributed by atoms with Crippen molar-refractivity contribution in [2.75, 3.05) is 33.2 Å². The number of amides is 2. The second-order valence-electron chi connectivity index (χ2n) is 6.12. The Labute approximate surface area is 162 Å². The average Bonchev–Trinajstić information content (AvgIpc) is 2.71. The molecule has 8 heteroatoms. The molecule has 0 saturated carbocycles. The molecular formula is C20H23FN2O5. The number of halogens is 1. The molecule has 0 bridgehead atoms. The molecule has 0 spiro atoms. The summed E-state index contributed by atoms with van der Waals surface area (Å²) < 4.78 is 29.8. The van der Waals surface area contributed by atoms with Gasteiger partial charge in [-0.25, -0.2) is 4.39 Å². The number of hydrogen-bond acceptors (Lipinski definition) is 5. The predicted molar refractivity (Wildman–Crippen MR) is 102 cm³/mol. The van der Waals surface area contributed by atoms with E-state index in [9.17, 15) is 14.0 Å². The third kappa shape index (κ3) is 4.77. The van der Waals surface area contributed by atoms with Crippen LogP contribution in [-0.4, -0.2) is 39.7 Å². The molecule has 0 aliphatic carbocycles. The van der Waals surface area contributed by atoms with Crippen molar-refractivity contribution in [2.45, 2.75) is 12.5 Å². The van der Waals surface area contributed by atoms with Crippen LogP contribution in [0.25, 0.3) is 0 Å². The van der Waals surface area contributed by atoms with Crippen LogP contribution in [0.2, 0.25) is 0 Å². The van der Waals surface area contributed by atoms with E-state index in [2.05, 4.69) is 10.6 Å². The van der Waals surface area contributed by atoms with Crippen LogP contribution in [0, 0.1) is 5.82 Å². The highest BCUT2D eigenvalue weighted by molar-refractivity contribution is 6.39. The first-order valence-electron chi connectivity index (χ1n) is 8.46. The third-order valence-corrected chi connectivity index (χ3v) is 4.33. The third-order valence-electron chi connectivity index (χ3n) is 4.33. The quantitative estimate of drug-likeness (QED) is 0.710. The molecule has 0 saturated heterocycles. The van der Waals surface area contributed by atoms with Crippen molar-refractivity contribution in [3.05, 3.63) is 53.8 Å². The van der Waals surface area contributed by atoms with Gasteiger partial charge in [0.05, 0.1) is 20.8 Å². The first-order valence-corrected chi connectivity index (χ1v) is 8.46. The number of hydrogen-bond donors (Lipinski definition) is 2. The van der Waals surface area contributed by atoms with Gasteiger partial charge in [0.1, 0.15) is 11.4 Å². The first-order chi connectivity index (χ1) is 13.3. The normalized spacial score (nSPS) is 12.6. The smallest absolute Gasteiger partial charge is 0.313 e. The summed E-state index contributed by atoms with van der Waals surface area (Å²) in [6.07, 6.45) is 0. The molecule has 2 aromatic rings. The van der Waals surface area contributed by atoms with E-state index in [0.717, 1.165) is 0 Å². The number of benzene rings is 2. The van der Waals surface area contributed by atoms with Gasteiger partial charge in [0.2, 0.25) is 0 Å². The minimum absolute atomic E-state index is 0.0946. The second-order valence-corrected chi connectivity index (χ2v) is 6.12. The van der Waals surface area contributed by atoms with E-state index in [-0.39, 0.29) is 12.1 Å². The van der Waals surface area contributed by atoms with Gasteiger partial charge in [-0.2, -0.15) is 0 Å². The molecule has 2 N–H and O–H groups in total. The Balaban J connectivity index is 2.04. The SMILES string of the molecule is COc1ccc(NC(=O)C(=O)NCC(C)(OC)c2ccccc2F)cc1OC. The van der Waals surface area contributed by atoms with Gasteiger partial charge in [-0.1, -0.05) is 18.2 Å². The fraction of sp³-hybridized carbons (Fsp3) is 0.300. The van der Waals surface area contributed by atoms with E-state index < -0.39 is 23.2 Å². The van der Waals surface area contributed by atoms with Crippen LogP contribution in [0.4, 0.5) is 10.1 Å². The van der Waals surface area contributed by atoms with Crippen LogP contribution in [0.5, 0.6) is 11.5 Å². The summed E-state index contributed by atoms with van der Waals surface area (Å²) in [6.45, 7) is 1.53. The topological polar surface area (TPSA) is 85.9 Å². The van der Waals surface area contributed by atoms with Crippen molar-refractivity contribution in [1.29, 1.82) is 0 Å². The van der Waals surface area contributed by atoms with Crippen LogP contribution >= 0.6 is 0 Å². The highest BCUT2D eigenvalue weighted by atomic mass is 19.1. The van der Waals surface area contributed by atoms with E-state index in [4.69, 9.17) is 14.2 Å². The minimum atomic E-state index is -1.13. The maximum Gasteiger partial charge on any atom is 0.313 e. The molecule has 0 aliphatic rings. The van der Waals surface area contributed by atoms with Gasteiger partial charge in [-0.3, -0.25) is 9.59 Å². The zero-order chi connectivity index (χ0) is 20.7. The number of ether oxygens (including phenoxy) is 3. The Morgan fingerprint density at radius 2 is 1.68 bits per heavy atom. The lowest BCUT2D eigenvalue weighted by Crippen LogP contribution is -2.44. The van der Waals surface area contributed by atoms with E-state index in [1.54, 1.807) is 37.3 Å². The fourth-order valence-electron chi connectivity index (χ4n) is 2.60. The molecule has 150 valence electrons. The number of carbonyl (C=O) groups is 2. The molecule has 0 radical (unpaired) electrons. The molecule has 2 amide bonds. The summed E-state index contributed by atoms with van der Waals surface area (Å²) in [5.41, 5.74) is -0.496. The minimum Gasteiger partial charge on any atom is -0.493 e. The summed E-state index contributed by atoms with van der Waals surface area (Å²) >= 11 is 0. The largest absolute Gasteiger partial charge is 0.493 e. The Morgan fingerprint density at radius 1 is 1.00 bits per heavy atom. The van der Waals surface area contributed by atoms with Gasteiger partial charge >= 0.3 is 11.8 Å². The van der Waals surface area contributed by atoms with Crippen molar-refractivity contribution in [3.63, 3.8) is 0 Å². The molecule has 2 aromatic carbocycles. The average molecular weight is 390 g/mol. The highest BCUT2D eigenvalue weighted by Crippen LogP contribution is 2.30. The maximum absolute atomic E-state index is 14.1. The van der Waals surface area contributed by atoms with Gasteiger partial charge in [0.15, 0.2) is 11.5 Å². The molecule has 28 heavy (non-hydrogen) atoms. The number of methoxy groups -OCH3 is 3. The van der Waals surface area contributed by atoms with Gasteiger partial charge in [0.25, 0.3) is 0 Å². The fourth-order valence-corrected chi connectivity index (χ4v) is 2.60. The van der Waals surface area contributed by atoms with E-state index in [0.29, 0.717) is 17.2 Å². The lowest BCUT2D eigenvalue weighted by atomic mass is 9.95. The lowest BCUT2D eigenvalue weighted by Gasteiger charge is -2.29. The molecule has 0 fully saturated rings. The summed E-state index contributed by atoms with van der Waals surface area (Å²) in [5.74, 6) is -1.32. The molecular weight excluding hydrogens is 367 g/mol. The molecule has 7 nitrogen and oxygen atoms in total. The lowest BCUT2D eigenvalue weighted by molar-refractivity contribution is -0.137. The van der Waals surface area contributed by atoms with Crippen molar-refractivity contribution in [2.24, 2.45) is 0 Å². The molecule has 0 aromatic heterocycles. The molecule has 2 rings (SSSR count). The number of rotatable bonds is 7. The van der Waals surface area contributed by atoms with Crippen molar-refractivity contribution in [3.8, 4) is 11.5 Å². The Kier molecular flexibility index (Phi) is 6.94. The van der Waals surface area contributed by atoms with Crippen LogP contribution < -0.4 is 20.1 Å². The number of nitrogens with one attached hydrogen (secondary N) is 2. The summed E-state index contributed by atoms with van der Waals surface area (Å²) in [5, 5.41) is 4.94. The van der Waals surface area contributed by atoms with Crippen molar-refractivity contribution in [1.82, 2.24) is 5.32 Å². The van der Waals surface area contributed by atoms with Gasteiger partial charge in [-0.05, 0) is 25.1 Å². The van der Waals surface area contributed by atoms with Crippen molar-refractivity contribution >= 4 is 17.5 Å². The first kappa shape index (κ1) is 21.2. The van der Waals surface area contributed by atoms with Crippen LogP contribution in [-0.2, 0) is 19.9 Å². The highest BCUT2D eigenvalue weighted by Gasteiger charge is 2.30. The number of carbonyl (C=O) groups excluding carboxylic acids is 2. The van der Waals surface area contributed by atoms with Gasteiger partial charge in [-0.15, -0.1) is 0 Å². The monoisotopic (exact) mass is 390 g/mol. The Hall–Kier alpha value is -3.13. The van der Waals surface area contributed by atoms with Crippen molar-refractivity contribution < 1.29 is 28.2 Å². The van der Waals surface area contributed by atoms with Gasteiger partial charge < -0.3 is 24.8 Å². The predicted octanol–water partition coefficient (Wildman–Crippen LogP) is 2.46. The van der Waals surface area contributed by atoms with E-state index >= 15 is 0 Å². The summed E-state index contributed by atoms with van der Waals surface area (Å²) in [7, 11) is 4.36. The van der Waals surface area contributed by atoms with E-state index in [1.165, 1.54) is 33.5 Å².